The minimum absolute atomic E-state index is 0.222. The van der Waals surface area contributed by atoms with Crippen molar-refractivity contribution in [3.63, 3.8) is 0 Å². The average Bonchev–Trinajstić information content (AvgIpc) is 2.92. The van der Waals surface area contributed by atoms with Crippen LogP contribution >= 0.6 is 0 Å². The molecule has 0 aliphatic carbocycles. The maximum absolute atomic E-state index is 15.1. The molecule has 0 atom stereocenters. The molecule has 4 aromatic rings. The van der Waals surface area contributed by atoms with Crippen molar-refractivity contribution in [1.82, 2.24) is 0 Å². The lowest BCUT2D eigenvalue weighted by Crippen LogP contribution is -2.55. The zero-order valence-electron chi connectivity index (χ0n) is 26.0. The van der Waals surface area contributed by atoms with Gasteiger partial charge in [0.25, 0.3) is 0 Å². The van der Waals surface area contributed by atoms with E-state index in [0.29, 0.717) is 35.4 Å². The smallest absolute Gasteiger partial charge is 0.378 e. The first-order chi connectivity index (χ1) is 21.5. The normalized spacial score (nSPS) is 13.0. The molecule has 252 valence electrons. The lowest BCUT2D eigenvalue weighted by atomic mass is 9.71. The highest BCUT2D eigenvalue weighted by Gasteiger charge is 2.72. The van der Waals surface area contributed by atoms with E-state index in [-0.39, 0.29) is 32.0 Å². The summed E-state index contributed by atoms with van der Waals surface area (Å²) in [5.41, 5.74) is -7.66. The molecule has 0 heterocycles. The number of hydrogen-bond acceptors (Lipinski definition) is 6. The standard InChI is InChI=1S/C33H30F6O6S2/c1-19-11-7-9-13-27(19)46(40,41)44-29-21(3)15-25(16-22(29)4)31(32(34,35)36,33(37,38)39)26-17-23(5)30(24(6)18-26)45-47(42,43)28-14-10-8-12-20(28)2/h7-18H,1-6H3. The fourth-order valence-corrected chi connectivity index (χ4v) is 8.12. The van der Waals surface area contributed by atoms with Crippen LogP contribution in [0.3, 0.4) is 0 Å². The van der Waals surface area contributed by atoms with Crippen LogP contribution in [0.1, 0.15) is 44.5 Å². The number of rotatable bonds is 8. The van der Waals surface area contributed by atoms with E-state index in [0.717, 1.165) is 27.7 Å². The SMILES string of the molecule is Cc1ccccc1S(=O)(=O)Oc1c(C)cc(C(c2cc(C)c(OS(=O)(=O)c3ccccc3C)c(C)c2)(C(F)(F)F)C(F)(F)F)cc1C. The van der Waals surface area contributed by atoms with Crippen molar-refractivity contribution >= 4 is 20.2 Å². The molecule has 0 saturated carbocycles. The predicted molar refractivity (Wildman–Crippen MR) is 163 cm³/mol. The fourth-order valence-electron chi connectivity index (χ4n) is 5.56. The van der Waals surface area contributed by atoms with Gasteiger partial charge in [0.2, 0.25) is 5.41 Å². The van der Waals surface area contributed by atoms with Crippen LogP contribution in [0, 0.1) is 41.5 Å². The lowest BCUT2D eigenvalue weighted by Gasteiger charge is -2.39. The van der Waals surface area contributed by atoms with E-state index >= 15 is 26.3 Å². The van der Waals surface area contributed by atoms with E-state index in [1.54, 1.807) is 12.1 Å². The van der Waals surface area contributed by atoms with Gasteiger partial charge in [-0.15, -0.1) is 0 Å². The van der Waals surface area contributed by atoms with Gasteiger partial charge in [0.05, 0.1) is 0 Å². The molecule has 0 aromatic heterocycles. The Morgan fingerprint density at radius 3 is 1.00 bits per heavy atom. The van der Waals surface area contributed by atoms with Crippen LogP contribution in [-0.4, -0.2) is 29.2 Å². The Morgan fingerprint density at radius 2 is 0.745 bits per heavy atom. The zero-order chi connectivity index (χ0) is 35.3. The Kier molecular flexibility index (Phi) is 9.30. The molecule has 0 fully saturated rings. The van der Waals surface area contributed by atoms with Gasteiger partial charge >= 0.3 is 32.6 Å². The summed E-state index contributed by atoms with van der Waals surface area (Å²) < 4.78 is 153. The van der Waals surface area contributed by atoms with Gasteiger partial charge in [-0.05, 0) is 98.2 Å². The molecule has 0 N–H and O–H groups in total. The third-order valence-electron chi connectivity index (χ3n) is 7.75. The third-order valence-corrected chi connectivity index (χ3v) is 10.5. The molecular weight excluding hydrogens is 670 g/mol. The maximum Gasteiger partial charge on any atom is 0.411 e. The van der Waals surface area contributed by atoms with E-state index in [4.69, 9.17) is 8.37 Å². The van der Waals surface area contributed by atoms with Crippen molar-refractivity contribution in [2.75, 3.05) is 0 Å². The topological polar surface area (TPSA) is 86.7 Å². The van der Waals surface area contributed by atoms with E-state index in [2.05, 4.69) is 0 Å². The highest BCUT2D eigenvalue weighted by atomic mass is 32.2. The summed E-state index contributed by atoms with van der Waals surface area (Å²) >= 11 is 0. The van der Waals surface area contributed by atoms with Crippen LogP contribution < -0.4 is 8.37 Å². The van der Waals surface area contributed by atoms with Crippen molar-refractivity contribution < 1.29 is 51.5 Å². The molecule has 4 rings (SSSR count). The average molecular weight is 701 g/mol. The molecule has 0 bridgehead atoms. The fraction of sp³-hybridized carbons (Fsp3) is 0.273. The van der Waals surface area contributed by atoms with Crippen LogP contribution in [0.4, 0.5) is 26.3 Å². The van der Waals surface area contributed by atoms with Gasteiger partial charge in [-0.1, -0.05) is 60.7 Å². The Bertz CT molecular complexity index is 1870. The molecule has 0 aliphatic heterocycles. The molecular formula is C33H30F6O6S2. The van der Waals surface area contributed by atoms with Crippen LogP contribution in [0.2, 0.25) is 0 Å². The van der Waals surface area contributed by atoms with Gasteiger partial charge in [0.1, 0.15) is 21.3 Å². The van der Waals surface area contributed by atoms with E-state index in [1.165, 1.54) is 50.2 Å². The van der Waals surface area contributed by atoms with Gasteiger partial charge in [-0.25, -0.2) is 0 Å². The van der Waals surface area contributed by atoms with Gasteiger partial charge in [0.15, 0.2) is 0 Å². The summed E-state index contributed by atoms with van der Waals surface area (Å²) in [7, 11) is -9.02. The largest absolute Gasteiger partial charge is 0.411 e. The van der Waals surface area contributed by atoms with Crippen molar-refractivity contribution in [2.45, 2.75) is 69.1 Å². The summed E-state index contributed by atoms with van der Waals surface area (Å²) in [5.74, 6) is -0.847. The molecule has 14 heteroatoms. The van der Waals surface area contributed by atoms with Gasteiger partial charge < -0.3 is 8.37 Å². The molecule has 0 radical (unpaired) electrons. The number of halogens is 6. The molecule has 47 heavy (non-hydrogen) atoms. The Hall–Kier alpha value is -4.04. The molecule has 0 aliphatic rings. The van der Waals surface area contributed by atoms with E-state index < -0.39 is 60.6 Å². The summed E-state index contributed by atoms with van der Waals surface area (Å²) in [5, 5.41) is 0. The van der Waals surface area contributed by atoms with Crippen molar-refractivity contribution in [1.29, 1.82) is 0 Å². The number of benzene rings is 4. The molecule has 6 nitrogen and oxygen atoms in total. The van der Waals surface area contributed by atoms with Crippen molar-refractivity contribution in [3.8, 4) is 11.5 Å². The van der Waals surface area contributed by atoms with E-state index in [1.807, 2.05) is 0 Å². The molecule has 0 spiro atoms. The number of hydrogen-bond donors (Lipinski definition) is 0. The summed E-state index contributed by atoms with van der Waals surface area (Å²) in [6, 6.07) is 13.9. The second-order valence-electron chi connectivity index (χ2n) is 11.2. The van der Waals surface area contributed by atoms with Crippen LogP contribution in [0.25, 0.3) is 0 Å². The summed E-state index contributed by atoms with van der Waals surface area (Å²) in [6.07, 6.45) is -12.0. The van der Waals surface area contributed by atoms with Gasteiger partial charge in [-0.3, -0.25) is 0 Å². The maximum atomic E-state index is 15.1. The summed E-state index contributed by atoms with van der Waals surface area (Å²) in [6.45, 7) is 7.55. The Labute approximate surface area is 269 Å². The molecule has 0 saturated heterocycles. The second-order valence-corrected chi connectivity index (χ2v) is 14.3. The first-order valence-electron chi connectivity index (χ1n) is 13.9. The first-order valence-corrected chi connectivity index (χ1v) is 16.7. The monoisotopic (exact) mass is 700 g/mol. The Balaban J connectivity index is 1.91. The lowest BCUT2D eigenvalue weighted by molar-refractivity contribution is -0.288. The van der Waals surface area contributed by atoms with Gasteiger partial charge in [-0.2, -0.15) is 43.2 Å². The van der Waals surface area contributed by atoms with Crippen LogP contribution in [0.15, 0.2) is 82.6 Å². The summed E-state index contributed by atoms with van der Waals surface area (Å²) in [4.78, 5) is -0.444. The van der Waals surface area contributed by atoms with Gasteiger partial charge in [0, 0.05) is 0 Å². The van der Waals surface area contributed by atoms with E-state index in [9.17, 15) is 16.8 Å². The number of aryl methyl sites for hydroxylation is 6. The second kappa shape index (κ2) is 12.2. The van der Waals surface area contributed by atoms with Crippen LogP contribution in [-0.2, 0) is 25.7 Å². The number of alkyl halides is 6. The predicted octanol–water partition coefficient (Wildman–Crippen LogP) is 8.48. The third kappa shape index (κ3) is 6.45. The molecule has 0 unspecified atom stereocenters. The highest BCUT2D eigenvalue weighted by Crippen LogP contribution is 2.57. The minimum Gasteiger partial charge on any atom is -0.378 e. The van der Waals surface area contributed by atoms with Crippen molar-refractivity contribution in [2.24, 2.45) is 0 Å². The minimum atomic E-state index is -5.98. The van der Waals surface area contributed by atoms with Crippen molar-refractivity contribution in [3.05, 3.63) is 117 Å². The molecule has 4 aromatic carbocycles. The molecule has 0 amide bonds. The Morgan fingerprint density at radius 1 is 0.468 bits per heavy atom. The quantitative estimate of drug-likeness (QED) is 0.135. The van der Waals surface area contributed by atoms with Crippen LogP contribution in [0.5, 0.6) is 11.5 Å². The highest BCUT2D eigenvalue weighted by molar-refractivity contribution is 7.87. The zero-order valence-corrected chi connectivity index (χ0v) is 27.6. The first kappa shape index (κ1) is 35.8.